The summed E-state index contributed by atoms with van der Waals surface area (Å²) in [5.74, 6) is 2.62. The van der Waals surface area contributed by atoms with Gasteiger partial charge in [0.2, 0.25) is 0 Å². The average Bonchev–Trinajstić information content (AvgIpc) is 3.50. The summed E-state index contributed by atoms with van der Waals surface area (Å²) in [7, 11) is 0. The minimum absolute atomic E-state index is 0.0157. The standard InChI is InChI=1S/C22H24N4O3S/c27-8-6-26(7-9-28)22-15-11-16-19(21(15)24-18(12-30)25-22)13-3-1-4-14(13)20(23-16)17-5-2-10-29-17/h2,5,10,27-28,30H,1,3-4,6-9,11-12H2. The quantitative estimate of drug-likeness (QED) is 0.392. The third-order valence-electron chi connectivity index (χ3n) is 5.89. The molecule has 0 radical (unpaired) electrons. The van der Waals surface area contributed by atoms with Gasteiger partial charge in [0.15, 0.2) is 5.76 Å². The molecule has 0 amide bonds. The fraction of sp³-hybridized carbons (Fsp3) is 0.409. The van der Waals surface area contributed by atoms with Crippen molar-refractivity contribution >= 4 is 18.4 Å². The van der Waals surface area contributed by atoms with Crippen LogP contribution in [0.25, 0.3) is 22.7 Å². The number of aromatic nitrogens is 3. The lowest BCUT2D eigenvalue weighted by molar-refractivity contribution is 0.280. The number of fused-ring (bicyclic) bond motifs is 5. The van der Waals surface area contributed by atoms with Gasteiger partial charge < -0.3 is 19.5 Å². The van der Waals surface area contributed by atoms with E-state index in [0.29, 0.717) is 31.1 Å². The molecular weight excluding hydrogens is 400 g/mol. The van der Waals surface area contributed by atoms with Gasteiger partial charge in [0.1, 0.15) is 17.3 Å². The maximum absolute atomic E-state index is 9.54. The number of hydrogen-bond acceptors (Lipinski definition) is 8. The Morgan fingerprint density at radius 3 is 2.50 bits per heavy atom. The number of hydrogen-bond donors (Lipinski definition) is 3. The van der Waals surface area contributed by atoms with Crippen LogP contribution >= 0.6 is 12.6 Å². The van der Waals surface area contributed by atoms with Crippen LogP contribution in [-0.4, -0.2) is 51.5 Å². The molecule has 0 unspecified atom stereocenters. The van der Waals surface area contributed by atoms with Gasteiger partial charge in [-0.15, -0.1) is 0 Å². The summed E-state index contributed by atoms with van der Waals surface area (Å²) in [4.78, 5) is 16.5. The molecule has 156 valence electrons. The van der Waals surface area contributed by atoms with Crippen molar-refractivity contribution in [1.29, 1.82) is 0 Å². The topological polar surface area (TPSA) is 95.5 Å². The Kier molecular flexibility index (Phi) is 5.22. The van der Waals surface area contributed by atoms with Crippen LogP contribution in [0.3, 0.4) is 0 Å². The van der Waals surface area contributed by atoms with Crippen LogP contribution < -0.4 is 4.90 Å². The van der Waals surface area contributed by atoms with Gasteiger partial charge >= 0.3 is 0 Å². The first-order valence-corrected chi connectivity index (χ1v) is 10.9. The van der Waals surface area contributed by atoms with E-state index in [1.165, 1.54) is 11.1 Å². The molecule has 2 aliphatic rings. The van der Waals surface area contributed by atoms with Gasteiger partial charge in [-0.3, -0.25) is 0 Å². The molecule has 2 N–H and O–H groups in total. The van der Waals surface area contributed by atoms with E-state index in [4.69, 9.17) is 19.4 Å². The van der Waals surface area contributed by atoms with Gasteiger partial charge in [-0.25, -0.2) is 15.0 Å². The molecule has 8 heteroatoms. The van der Waals surface area contributed by atoms with Gasteiger partial charge in [0.05, 0.1) is 36.6 Å². The van der Waals surface area contributed by atoms with E-state index in [1.54, 1.807) is 6.26 Å². The first-order chi connectivity index (χ1) is 14.7. The molecule has 3 aromatic rings. The molecule has 0 aliphatic heterocycles. The van der Waals surface area contributed by atoms with Crippen molar-refractivity contribution in [3.63, 3.8) is 0 Å². The van der Waals surface area contributed by atoms with Crippen LogP contribution in [0.4, 0.5) is 5.82 Å². The molecule has 0 aromatic carbocycles. The van der Waals surface area contributed by atoms with Crippen LogP contribution in [0.1, 0.15) is 34.6 Å². The molecule has 0 atom stereocenters. The first kappa shape index (κ1) is 19.5. The van der Waals surface area contributed by atoms with Gasteiger partial charge in [-0.1, -0.05) is 0 Å². The van der Waals surface area contributed by atoms with E-state index in [0.717, 1.165) is 59.0 Å². The van der Waals surface area contributed by atoms with Gasteiger partial charge in [0, 0.05) is 30.6 Å². The third kappa shape index (κ3) is 3.10. The second kappa shape index (κ2) is 8.02. The number of anilines is 1. The first-order valence-electron chi connectivity index (χ1n) is 10.3. The summed E-state index contributed by atoms with van der Waals surface area (Å²) in [6.45, 7) is 0.765. The zero-order valence-electron chi connectivity index (χ0n) is 16.6. The van der Waals surface area contributed by atoms with Gasteiger partial charge in [0.25, 0.3) is 0 Å². The number of nitrogens with zero attached hydrogens (tertiary/aromatic N) is 4. The lowest BCUT2D eigenvalue weighted by Gasteiger charge is -2.24. The summed E-state index contributed by atoms with van der Waals surface area (Å²) in [5.41, 5.74) is 7.57. The highest BCUT2D eigenvalue weighted by atomic mass is 32.1. The lowest BCUT2D eigenvalue weighted by Crippen LogP contribution is -2.31. The number of rotatable bonds is 7. The second-order valence-corrected chi connectivity index (χ2v) is 7.95. The summed E-state index contributed by atoms with van der Waals surface area (Å²) in [6, 6.07) is 3.86. The van der Waals surface area contributed by atoms with Crippen molar-refractivity contribution in [3.8, 4) is 22.7 Å². The highest BCUT2D eigenvalue weighted by molar-refractivity contribution is 7.79. The van der Waals surface area contributed by atoms with E-state index in [-0.39, 0.29) is 13.2 Å². The average molecular weight is 425 g/mol. The maximum atomic E-state index is 9.54. The molecule has 0 saturated heterocycles. The molecule has 0 spiro atoms. The van der Waals surface area contributed by atoms with E-state index in [2.05, 4.69) is 12.6 Å². The van der Waals surface area contributed by atoms with E-state index in [9.17, 15) is 10.2 Å². The zero-order valence-corrected chi connectivity index (χ0v) is 17.5. The molecule has 5 rings (SSSR count). The van der Waals surface area contributed by atoms with Crippen molar-refractivity contribution in [2.45, 2.75) is 31.4 Å². The molecule has 7 nitrogen and oxygen atoms in total. The highest BCUT2D eigenvalue weighted by Gasteiger charge is 2.34. The summed E-state index contributed by atoms with van der Waals surface area (Å²) in [6.07, 6.45) is 5.39. The van der Waals surface area contributed by atoms with Crippen molar-refractivity contribution in [2.75, 3.05) is 31.2 Å². The number of thiol groups is 1. The minimum Gasteiger partial charge on any atom is -0.463 e. The van der Waals surface area contributed by atoms with Crippen LogP contribution in [0, 0.1) is 0 Å². The van der Waals surface area contributed by atoms with Crippen LogP contribution in [0.2, 0.25) is 0 Å². The molecule has 0 bridgehead atoms. The Labute approximate surface area is 180 Å². The smallest absolute Gasteiger partial charge is 0.152 e. The summed E-state index contributed by atoms with van der Waals surface area (Å²) >= 11 is 4.41. The summed E-state index contributed by atoms with van der Waals surface area (Å²) < 4.78 is 5.68. The van der Waals surface area contributed by atoms with E-state index < -0.39 is 0 Å². The predicted octanol–water partition coefficient (Wildman–Crippen LogP) is 2.41. The Bertz CT molecular complexity index is 1080. The van der Waals surface area contributed by atoms with Crippen molar-refractivity contribution in [3.05, 3.63) is 46.6 Å². The zero-order chi connectivity index (χ0) is 20.7. The number of aliphatic hydroxyl groups excluding tert-OH is 2. The Hall–Kier alpha value is -2.42. The fourth-order valence-corrected chi connectivity index (χ4v) is 4.83. The predicted molar refractivity (Wildman–Crippen MR) is 117 cm³/mol. The molecule has 30 heavy (non-hydrogen) atoms. The normalized spacial score (nSPS) is 14.0. The van der Waals surface area contributed by atoms with Crippen molar-refractivity contribution in [1.82, 2.24) is 15.0 Å². The Morgan fingerprint density at radius 2 is 1.80 bits per heavy atom. The van der Waals surface area contributed by atoms with Crippen LogP contribution in [-0.2, 0) is 25.0 Å². The number of furan rings is 1. The molecule has 0 saturated carbocycles. The SMILES string of the molecule is OCCN(CCO)c1nc(CS)nc2c1Cc1nc(-c3ccco3)c3c(c1-2)CCC3. The van der Waals surface area contributed by atoms with Crippen LogP contribution in [0.15, 0.2) is 22.8 Å². The molecular formula is C22H24N4O3S. The summed E-state index contributed by atoms with van der Waals surface area (Å²) in [5, 5.41) is 19.1. The third-order valence-corrected chi connectivity index (χ3v) is 6.17. The van der Waals surface area contributed by atoms with E-state index in [1.807, 2.05) is 17.0 Å². The van der Waals surface area contributed by atoms with E-state index >= 15 is 0 Å². The lowest BCUT2D eigenvalue weighted by atomic mass is 10.00. The number of aliphatic hydroxyl groups is 2. The van der Waals surface area contributed by atoms with Gasteiger partial charge in [-0.2, -0.15) is 12.6 Å². The number of pyridine rings is 1. The minimum atomic E-state index is -0.0157. The van der Waals surface area contributed by atoms with Gasteiger partial charge in [-0.05, 0) is 42.5 Å². The Balaban J connectivity index is 1.70. The monoisotopic (exact) mass is 424 g/mol. The molecule has 0 fully saturated rings. The Morgan fingerprint density at radius 1 is 1.00 bits per heavy atom. The maximum Gasteiger partial charge on any atom is 0.152 e. The molecule has 3 heterocycles. The molecule has 2 aliphatic carbocycles. The molecule has 3 aromatic heterocycles. The van der Waals surface area contributed by atoms with Crippen molar-refractivity contribution in [2.24, 2.45) is 0 Å². The van der Waals surface area contributed by atoms with Crippen molar-refractivity contribution < 1.29 is 14.6 Å². The second-order valence-electron chi connectivity index (χ2n) is 7.63. The largest absolute Gasteiger partial charge is 0.463 e. The van der Waals surface area contributed by atoms with Crippen LogP contribution in [0.5, 0.6) is 0 Å². The fourth-order valence-electron chi connectivity index (χ4n) is 4.69. The highest BCUT2D eigenvalue weighted by Crippen LogP contribution is 2.46.